The molecule has 1 aromatic carbocycles. The van der Waals surface area contributed by atoms with E-state index in [0.29, 0.717) is 19.5 Å². The van der Waals surface area contributed by atoms with E-state index in [1.165, 1.54) is 4.90 Å². The minimum absolute atomic E-state index is 0.226. The number of carbonyl (C=O) groups is 2. The van der Waals surface area contributed by atoms with Gasteiger partial charge in [-0.1, -0.05) is 30.3 Å². The molecule has 1 atom stereocenters. The molecular formula is C15H20N2O3. The predicted octanol–water partition coefficient (Wildman–Crippen LogP) is 2.18. The fourth-order valence-electron chi connectivity index (χ4n) is 2.62. The second kappa shape index (κ2) is 5.53. The van der Waals surface area contributed by atoms with Crippen molar-refractivity contribution in [2.45, 2.75) is 31.8 Å². The second-order valence-corrected chi connectivity index (χ2v) is 5.46. The Balaban J connectivity index is 2.09. The minimum Gasteiger partial charge on any atom is -0.480 e. The van der Waals surface area contributed by atoms with Gasteiger partial charge in [-0.05, 0) is 25.3 Å². The standard InChI is InChI=1S/C15H20N2O3/c1-15(13(18)19)9-6-10-17(15)14(20)16(2)11-12-7-4-3-5-8-12/h3-5,7-8H,6,9-11H2,1-2H3,(H,18,19). The molecule has 0 aromatic heterocycles. The molecule has 108 valence electrons. The SMILES string of the molecule is CN(Cc1ccccc1)C(=O)N1CCCC1(C)C(=O)O. The van der Waals surface area contributed by atoms with Crippen molar-refractivity contribution in [1.29, 1.82) is 0 Å². The highest BCUT2D eigenvalue weighted by Gasteiger charge is 2.46. The van der Waals surface area contributed by atoms with Crippen LogP contribution in [0.25, 0.3) is 0 Å². The van der Waals surface area contributed by atoms with E-state index in [9.17, 15) is 14.7 Å². The van der Waals surface area contributed by atoms with Gasteiger partial charge in [-0.15, -0.1) is 0 Å². The van der Waals surface area contributed by atoms with Gasteiger partial charge in [0.15, 0.2) is 0 Å². The molecule has 20 heavy (non-hydrogen) atoms. The number of aliphatic carboxylic acids is 1. The quantitative estimate of drug-likeness (QED) is 0.920. The Kier molecular flexibility index (Phi) is 3.97. The van der Waals surface area contributed by atoms with E-state index in [0.717, 1.165) is 12.0 Å². The van der Waals surface area contributed by atoms with Gasteiger partial charge in [0, 0.05) is 20.1 Å². The van der Waals surface area contributed by atoms with E-state index in [1.54, 1.807) is 18.9 Å². The van der Waals surface area contributed by atoms with Crippen molar-refractivity contribution < 1.29 is 14.7 Å². The average Bonchev–Trinajstić information content (AvgIpc) is 2.82. The highest BCUT2D eigenvalue weighted by molar-refractivity contribution is 5.86. The van der Waals surface area contributed by atoms with Crippen molar-refractivity contribution in [3.8, 4) is 0 Å². The summed E-state index contributed by atoms with van der Waals surface area (Å²) >= 11 is 0. The van der Waals surface area contributed by atoms with Crippen LogP contribution in [0.3, 0.4) is 0 Å². The van der Waals surface area contributed by atoms with Gasteiger partial charge in [-0.25, -0.2) is 9.59 Å². The van der Waals surface area contributed by atoms with E-state index in [-0.39, 0.29) is 6.03 Å². The Hall–Kier alpha value is -2.04. The largest absolute Gasteiger partial charge is 0.480 e. The van der Waals surface area contributed by atoms with E-state index in [4.69, 9.17) is 0 Å². The van der Waals surface area contributed by atoms with Crippen LogP contribution < -0.4 is 0 Å². The minimum atomic E-state index is -1.08. The van der Waals surface area contributed by atoms with Crippen LogP contribution in [0, 0.1) is 0 Å². The second-order valence-electron chi connectivity index (χ2n) is 5.46. The number of rotatable bonds is 3. The van der Waals surface area contributed by atoms with Crippen molar-refractivity contribution in [1.82, 2.24) is 9.80 Å². The highest BCUT2D eigenvalue weighted by Crippen LogP contribution is 2.30. The normalized spacial score (nSPS) is 21.8. The summed E-state index contributed by atoms with van der Waals surface area (Å²) in [6.45, 7) is 2.60. The molecule has 2 rings (SSSR count). The number of benzene rings is 1. The number of nitrogens with zero attached hydrogens (tertiary/aromatic N) is 2. The number of hydrogen-bond acceptors (Lipinski definition) is 2. The maximum atomic E-state index is 12.5. The first-order valence-corrected chi connectivity index (χ1v) is 6.75. The lowest BCUT2D eigenvalue weighted by molar-refractivity contribution is -0.147. The zero-order chi connectivity index (χ0) is 14.8. The Bertz CT molecular complexity index is 503. The van der Waals surface area contributed by atoms with E-state index >= 15 is 0 Å². The first-order valence-electron chi connectivity index (χ1n) is 6.75. The first-order chi connectivity index (χ1) is 9.45. The molecule has 1 heterocycles. The van der Waals surface area contributed by atoms with Crippen LogP contribution >= 0.6 is 0 Å². The molecular weight excluding hydrogens is 256 g/mol. The molecule has 0 saturated carbocycles. The van der Waals surface area contributed by atoms with Crippen molar-refractivity contribution >= 4 is 12.0 Å². The average molecular weight is 276 g/mol. The summed E-state index contributed by atoms with van der Waals surface area (Å²) in [7, 11) is 1.70. The van der Waals surface area contributed by atoms with Crippen LogP contribution in [-0.2, 0) is 11.3 Å². The summed E-state index contributed by atoms with van der Waals surface area (Å²) in [5.74, 6) is -0.934. The van der Waals surface area contributed by atoms with Gasteiger partial charge in [-0.2, -0.15) is 0 Å². The summed E-state index contributed by atoms with van der Waals surface area (Å²) < 4.78 is 0. The summed E-state index contributed by atoms with van der Waals surface area (Å²) in [5, 5.41) is 9.35. The molecule has 0 radical (unpaired) electrons. The topological polar surface area (TPSA) is 60.9 Å². The molecule has 1 fully saturated rings. The summed E-state index contributed by atoms with van der Waals surface area (Å²) in [5.41, 5.74) is -0.0539. The molecule has 1 N–H and O–H groups in total. The molecule has 0 bridgehead atoms. The van der Waals surface area contributed by atoms with Crippen LogP contribution in [-0.4, -0.2) is 46.0 Å². The van der Waals surface area contributed by atoms with Crippen LogP contribution in [0.15, 0.2) is 30.3 Å². The van der Waals surface area contributed by atoms with Crippen LogP contribution in [0.2, 0.25) is 0 Å². The molecule has 0 aliphatic carbocycles. The molecule has 1 aliphatic heterocycles. The summed E-state index contributed by atoms with van der Waals surface area (Å²) in [6, 6.07) is 9.44. The third kappa shape index (κ3) is 2.61. The maximum absolute atomic E-state index is 12.5. The Morgan fingerprint density at radius 1 is 1.35 bits per heavy atom. The van der Waals surface area contributed by atoms with E-state index < -0.39 is 11.5 Å². The van der Waals surface area contributed by atoms with Gasteiger partial charge in [-0.3, -0.25) is 0 Å². The number of carboxylic acids is 1. The monoisotopic (exact) mass is 276 g/mol. The molecule has 1 aliphatic rings. The third-order valence-corrected chi connectivity index (χ3v) is 3.92. The lowest BCUT2D eigenvalue weighted by Crippen LogP contribution is -2.54. The Morgan fingerprint density at radius 2 is 2.00 bits per heavy atom. The smallest absolute Gasteiger partial charge is 0.329 e. The summed E-state index contributed by atoms with van der Waals surface area (Å²) in [6.07, 6.45) is 1.24. The molecule has 0 spiro atoms. The Labute approximate surface area is 118 Å². The number of likely N-dealkylation sites (tertiary alicyclic amines) is 1. The fourth-order valence-corrected chi connectivity index (χ4v) is 2.62. The Morgan fingerprint density at radius 3 is 2.60 bits per heavy atom. The van der Waals surface area contributed by atoms with Gasteiger partial charge in [0.2, 0.25) is 0 Å². The summed E-state index contributed by atoms with van der Waals surface area (Å²) in [4.78, 5) is 26.9. The number of urea groups is 1. The first kappa shape index (κ1) is 14.4. The molecule has 2 amide bonds. The number of hydrogen-bond donors (Lipinski definition) is 1. The van der Waals surface area contributed by atoms with Gasteiger partial charge in [0.1, 0.15) is 5.54 Å². The lowest BCUT2D eigenvalue weighted by Gasteiger charge is -2.34. The number of carbonyl (C=O) groups excluding carboxylic acids is 1. The van der Waals surface area contributed by atoms with Crippen LogP contribution in [0.1, 0.15) is 25.3 Å². The highest BCUT2D eigenvalue weighted by atomic mass is 16.4. The molecule has 1 saturated heterocycles. The molecule has 1 unspecified atom stereocenters. The number of amides is 2. The zero-order valence-electron chi connectivity index (χ0n) is 11.9. The number of carboxylic acid groups (broad SMARTS) is 1. The molecule has 5 heteroatoms. The zero-order valence-corrected chi connectivity index (χ0v) is 11.9. The van der Waals surface area contributed by atoms with E-state index in [2.05, 4.69) is 0 Å². The van der Waals surface area contributed by atoms with Gasteiger partial charge in [0.05, 0.1) is 0 Å². The molecule has 5 nitrogen and oxygen atoms in total. The maximum Gasteiger partial charge on any atom is 0.329 e. The van der Waals surface area contributed by atoms with Gasteiger partial charge < -0.3 is 14.9 Å². The van der Waals surface area contributed by atoms with Gasteiger partial charge >= 0.3 is 12.0 Å². The van der Waals surface area contributed by atoms with E-state index in [1.807, 2.05) is 30.3 Å². The molecule has 1 aromatic rings. The fraction of sp³-hybridized carbons (Fsp3) is 0.467. The van der Waals surface area contributed by atoms with Crippen molar-refractivity contribution in [3.05, 3.63) is 35.9 Å². The van der Waals surface area contributed by atoms with Crippen molar-refractivity contribution in [3.63, 3.8) is 0 Å². The predicted molar refractivity (Wildman–Crippen MR) is 75.3 cm³/mol. The van der Waals surface area contributed by atoms with Crippen LogP contribution in [0.5, 0.6) is 0 Å². The van der Waals surface area contributed by atoms with Crippen molar-refractivity contribution in [2.75, 3.05) is 13.6 Å². The van der Waals surface area contributed by atoms with Gasteiger partial charge in [0.25, 0.3) is 0 Å². The third-order valence-electron chi connectivity index (χ3n) is 3.92. The lowest BCUT2D eigenvalue weighted by atomic mass is 10.00. The van der Waals surface area contributed by atoms with Crippen molar-refractivity contribution in [2.24, 2.45) is 0 Å². The van der Waals surface area contributed by atoms with Crippen LogP contribution in [0.4, 0.5) is 4.79 Å².